The van der Waals surface area contributed by atoms with E-state index in [-0.39, 0.29) is 38.0 Å². The summed E-state index contributed by atoms with van der Waals surface area (Å²) < 4.78 is 27.8. The average molecular weight is 620 g/mol. The molecule has 0 aliphatic rings. The zero-order valence-corrected chi connectivity index (χ0v) is 22.3. The Labute approximate surface area is 221 Å². The second kappa shape index (κ2) is 12.3. The number of aliphatic hydroxyl groups is 3. The zero-order valence-electron chi connectivity index (χ0n) is 19.4. The standard InChI is InChI=1S/C24H28ClFIN3O5/c1-24(2,16-5-8-22(20(26)9-16)35-13-17(32)10-25)15-3-6-19(7-4-15)34-14-18(33)11-30-23(27)21(12-31)28-29-30/h3-9,17-18,31-33H,10-14H2,1-2H3. The molecule has 0 spiro atoms. The highest BCUT2D eigenvalue weighted by Crippen LogP contribution is 2.34. The fraction of sp³-hybridized carbons (Fsp3) is 0.417. The first-order chi connectivity index (χ1) is 16.6. The predicted octanol–water partition coefficient (Wildman–Crippen LogP) is 3.26. The first-order valence-electron chi connectivity index (χ1n) is 10.9. The molecule has 0 bridgehead atoms. The molecule has 3 rings (SSSR count). The first kappa shape index (κ1) is 27.6. The summed E-state index contributed by atoms with van der Waals surface area (Å²) in [4.78, 5) is 0. The third kappa shape index (κ3) is 7.04. The van der Waals surface area contributed by atoms with Crippen molar-refractivity contribution in [1.29, 1.82) is 0 Å². The van der Waals surface area contributed by atoms with Crippen LogP contribution in [0.4, 0.5) is 4.39 Å². The molecule has 0 radical (unpaired) electrons. The molecule has 0 saturated heterocycles. The van der Waals surface area contributed by atoms with Crippen molar-refractivity contribution in [1.82, 2.24) is 15.0 Å². The van der Waals surface area contributed by atoms with Crippen LogP contribution in [0.2, 0.25) is 0 Å². The van der Waals surface area contributed by atoms with Crippen LogP contribution in [0.25, 0.3) is 0 Å². The number of halogens is 3. The number of aliphatic hydroxyl groups excluding tert-OH is 3. The van der Waals surface area contributed by atoms with Crippen LogP contribution in [0.3, 0.4) is 0 Å². The number of benzene rings is 2. The molecule has 2 aromatic carbocycles. The van der Waals surface area contributed by atoms with E-state index in [0.29, 0.717) is 15.1 Å². The molecule has 3 aromatic rings. The summed E-state index contributed by atoms with van der Waals surface area (Å²) in [6.07, 6.45) is -1.68. The number of rotatable bonds is 12. The number of ether oxygens (including phenoxy) is 2. The Kier molecular flexibility index (Phi) is 9.70. The van der Waals surface area contributed by atoms with Crippen molar-refractivity contribution >= 4 is 34.2 Å². The van der Waals surface area contributed by atoms with E-state index in [1.165, 1.54) is 10.7 Å². The SMILES string of the molecule is CC(C)(c1ccc(OCC(O)Cn2nnc(CO)c2I)cc1)c1ccc(OCC(O)CCl)c(F)c1. The van der Waals surface area contributed by atoms with Gasteiger partial charge in [0.05, 0.1) is 19.0 Å². The van der Waals surface area contributed by atoms with Gasteiger partial charge in [-0.05, 0) is 58.0 Å². The molecule has 0 saturated carbocycles. The van der Waals surface area contributed by atoms with Gasteiger partial charge in [0.15, 0.2) is 11.6 Å². The Morgan fingerprint density at radius 3 is 2.31 bits per heavy atom. The Bertz CT molecular complexity index is 1110. The second-order valence-electron chi connectivity index (χ2n) is 8.55. The van der Waals surface area contributed by atoms with E-state index in [9.17, 15) is 19.7 Å². The second-order valence-corrected chi connectivity index (χ2v) is 9.88. The summed E-state index contributed by atoms with van der Waals surface area (Å²) in [5.74, 6) is 0.141. The highest BCUT2D eigenvalue weighted by Gasteiger charge is 2.25. The van der Waals surface area contributed by atoms with Crippen LogP contribution in [0, 0.1) is 9.52 Å². The summed E-state index contributed by atoms with van der Waals surface area (Å²) >= 11 is 7.56. The molecule has 1 aromatic heterocycles. The normalized spacial score (nSPS) is 13.5. The van der Waals surface area contributed by atoms with Crippen molar-refractivity contribution in [2.75, 3.05) is 19.1 Å². The van der Waals surface area contributed by atoms with E-state index in [0.717, 1.165) is 11.1 Å². The molecule has 0 fully saturated rings. The van der Waals surface area contributed by atoms with E-state index in [1.54, 1.807) is 24.3 Å². The van der Waals surface area contributed by atoms with Gasteiger partial charge in [0.1, 0.15) is 40.6 Å². The summed E-state index contributed by atoms with van der Waals surface area (Å²) in [5.41, 5.74) is 1.67. The van der Waals surface area contributed by atoms with Gasteiger partial charge >= 0.3 is 0 Å². The van der Waals surface area contributed by atoms with Crippen LogP contribution in [0.1, 0.15) is 30.7 Å². The van der Waals surface area contributed by atoms with Gasteiger partial charge in [-0.3, -0.25) is 0 Å². The van der Waals surface area contributed by atoms with Gasteiger partial charge in [-0.25, -0.2) is 9.07 Å². The van der Waals surface area contributed by atoms with E-state index < -0.39 is 23.4 Å². The summed E-state index contributed by atoms with van der Waals surface area (Å²) in [6, 6.07) is 12.2. The molecule has 190 valence electrons. The molecule has 0 aliphatic carbocycles. The topological polar surface area (TPSA) is 110 Å². The molecule has 11 heteroatoms. The maximum absolute atomic E-state index is 14.6. The lowest BCUT2D eigenvalue weighted by atomic mass is 9.78. The van der Waals surface area contributed by atoms with Gasteiger partial charge in [-0.2, -0.15) is 0 Å². The Hall–Kier alpha value is -1.99. The van der Waals surface area contributed by atoms with Crippen LogP contribution < -0.4 is 9.47 Å². The fourth-order valence-electron chi connectivity index (χ4n) is 3.37. The van der Waals surface area contributed by atoms with Gasteiger partial charge in [0.2, 0.25) is 0 Å². The lowest BCUT2D eigenvalue weighted by Gasteiger charge is -2.27. The van der Waals surface area contributed by atoms with Crippen LogP contribution in [-0.4, -0.2) is 61.6 Å². The monoisotopic (exact) mass is 619 g/mol. The van der Waals surface area contributed by atoms with E-state index in [4.69, 9.17) is 21.1 Å². The van der Waals surface area contributed by atoms with Crippen LogP contribution in [0.5, 0.6) is 11.5 Å². The van der Waals surface area contributed by atoms with Crippen molar-refractivity contribution in [2.24, 2.45) is 0 Å². The van der Waals surface area contributed by atoms with Crippen molar-refractivity contribution in [2.45, 2.75) is 44.6 Å². The van der Waals surface area contributed by atoms with Crippen LogP contribution >= 0.6 is 34.2 Å². The van der Waals surface area contributed by atoms with Gasteiger partial charge in [-0.1, -0.05) is 37.3 Å². The third-order valence-electron chi connectivity index (χ3n) is 5.55. The highest BCUT2D eigenvalue weighted by molar-refractivity contribution is 14.1. The van der Waals surface area contributed by atoms with Gasteiger partial charge in [0.25, 0.3) is 0 Å². The summed E-state index contributed by atoms with van der Waals surface area (Å²) in [6.45, 7) is 3.92. The minimum absolute atomic E-state index is 0.0120. The highest BCUT2D eigenvalue weighted by atomic mass is 127. The van der Waals surface area contributed by atoms with E-state index >= 15 is 0 Å². The van der Waals surface area contributed by atoms with Crippen LogP contribution in [0.15, 0.2) is 42.5 Å². The molecule has 35 heavy (non-hydrogen) atoms. The van der Waals surface area contributed by atoms with Crippen molar-refractivity contribution in [3.63, 3.8) is 0 Å². The average Bonchev–Trinajstić information content (AvgIpc) is 3.20. The number of nitrogens with zero attached hydrogens (tertiary/aromatic N) is 3. The third-order valence-corrected chi connectivity index (χ3v) is 7.09. The van der Waals surface area contributed by atoms with Gasteiger partial charge in [-0.15, -0.1) is 16.7 Å². The number of aromatic nitrogens is 3. The Morgan fingerprint density at radius 1 is 1.06 bits per heavy atom. The molecule has 8 nitrogen and oxygen atoms in total. The van der Waals surface area contributed by atoms with Crippen molar-refractivity contribution in [3.05, 3.63) is 68.8 Å². The van der Waals surface area contributed by atoms with E-state index in [1.807, 2.05) is 48.6 Å². The number of hydrogen-bond donors (Lipinski definition) is 3. The van der Waals surface area contributed by atoms with Crippen molar-refractivity contribution in [3.8, 4) is 11.5 Å². The minimum atomic E-state index is -0.862. The molecule has 2 unspecified atom stereocenters. The maximum atomic E-state index is 14.6. The van der Waals surface area contributed by atoms with Crippen molar-refractivity contribution < 1.29 is 29.2 Å². The molecule has 0 aliphatic heterocycles. The molecule has 1 heterocycles. The lowest BCUT2D eigenvalue weighted by molar-refractivity contribution is 0.0881. The Morgan fingerprint density at radius 2 is 1.71 bits per heavy atom. The van der Waals surface area contributed by atoms with Crippen LogP contribution in [-0.2, 0) is 18.6 Å². The maximum Gasteiger partial charge on any atom is 0.165 e. The molecular formula is C24H28ClFIN3O5. The number of alkyl halides is 1. The van der Waals surface area contributed by atoms with Gasteiger partial charge in [0, 0.05) is 5.41 Å². The zero-order chi connectivity index (χ0) is 25.6. The quantitative estimate of drug-likeness (QED) is 0.211. The molecule has 3 N–H and O–H groups in total. The van der Waals surface area contributed by atoms with E-state index in [2.05, 4.69) is 10.3 Å². The fourth-order valence-corrected chi connectivity index (χ4v) is 4.03. The largest absolute Gasteiger partial charge is 0.491 e. The number of hydrogen-bond acceptors (Lipinski definition) is 7. The predicted molar refractivity (Wildman–Crippen MR) is 137 cm³/mol. The van der Waals surface area contributed by atoms with Gasteiger partial charge < -0.3 is 24.8 Å². The molecular weight excluding hydrogens is 592 g/mol. The Balaban J connectivity index is 1.60. The summed E-state index contributed by atoms with van der Waals surface area (Å²) in [7, 11) is 0. The minimum Gasteiger partial charge on any atom is -0.491 e. The lowest BCUT2D eigenvalue weighted by Crippen LogP contribution is -2.25. The summed E-state index contributed by atoms with van der Waals surface area (Å²) in [5, 5.41) is 36.8. The molecule has 0 amide bonds. The smallest absolute Gasteiger partial charge is 0.165 e. The first-order valence-corrected chi connectivity index (χ1v) is 12.5. The molecule has 2 atom stereocenters.